The Morgan fingerprint density at radius 3 is 2.83 bits per heavy atom. The Labute approximate surface area is 119 Å². The van der Waals surface area contributed by atoms with Crippen molar-refractivity contribution in [3.8, 4) is 5.75 Å². The van der Waals surface area contributed by atoms with E-state index in [9.17, 15) is 0 Å². The minimum atomic E-state index is 0.656. The van der Waals surface area contributed by atoms with Crippen molar-refractivity contribution in [2.45, 2.75) is 0 Å². The molecule has 2 aromatic rings. The molecule has 0 aliphatic heterocycles. The molecule has 1 aromatic carbocycles. The molecule has 1 aromatic heterocycles. The van der Waals surface area contributed by atoms with Crippen molar-refractivity contribution in [2.75, 3.05) is 7.11 Å². The Hall–Kier alpha value is -1.32. The van der Waals surface area contributed by atoms with Crippen molar-refractivity contribution in [1.29, 1.82) is 0 Å². The summed E-state index contributed by atoms with van der Waals surface area (Å²) in [6, 6.07) is 9.36. The lowest BCUT2D eigenvalue weighted by Gasteiger charge is -2.05. The molecular formula is C14H11BrClNO. The molecule has 1 heterocycles. The van der Waals surface area contributed by atoms with Crippen molar-refractivity contribution >= 4 is 39.7 Å². The molecule has 0 bridgehead atoms. The average Bonchev–Trinajstić information content (AvgIpc) is 2.39. The highest BCUT2D eigenvalue weighted by Gasteiger charge is 2.01. The van der Waals surface area contributed by atoms with E-state index in [1.54, 1.807) is 19.4 Å². The van der Waals surface area contributed by atoms with E-state index in [4.69, 9.17) is 16.3 Å². The first-order valence-corrected chi connectivity index (χ1v) is 6.50. The third-order valence-electron chi connectivity index (χ3n) is 2.40. The van der Waals surface area contributed by atoms with Crippen molar-refractivity contribution in [2.24, 2.45) is 0 Å². The number of benzene rings is 1. The highest BCUT2D eigenvalue weighted by Crippen LogP contribution is 2.25. The zero-order valence-corrected chi connectivity index (χ0v) is 12.1. The fourth-order valence-electron chi connectivity index (χ4n) is 1.51. The average molecular weight is 325 g/mol. The van der Waals surface area contributed by atoms with Gasteiger partial charge in [0.2, 0.25) is 0 Å². The number of rotatable bonds is 3. The van der Waals surface area contributed by atoms with Crippen LogP contribution in [0.4, 0.5) is 0 Å². The maximum atomic E-state index is 5.91. The number of aromatic nitrogens is 1. The summed E-state index contributed by atoms with van der Waals surface area (Å²) in [5, 5.41) is 0.656. The van der Waals surface area contributed by atoms with Gasteiger partial charge in [0.1, 0.15) is 5.75 Å². The molecule has 92 valence electrons. The van der Waals surface area contributed by atoms with Gasteiger partial charge in [-0.15, -0.1) is 0 Å². The molecule has 0 radical (unpaired) electrons. The van der Waals surface area contributed by atoms with Gasteiger partial charge in [0, 0.05) is 21.3 Å². The second-order valence-corrected chi connectivity index (χ2v) is 4.88. The standard InChI is InChI=1S/C14H11BrClNO/c1-18-14-9-11(16)6-4-10(14)5-7-13-12(15)3-2-8-17-13/h2-9H,1H3/b7-5-. The predicted molar refractivity (Wildman–Crippen MR) is 78.9 cm³/mol. The number of nitrogens with zero attached hydrogens (tertiary/aromatic N) is 1. The Bertz CT molecular complexity index is 584. The summed E-state index contributed by atoms with van der Waals surface area (Å²) in [5.74, 6) is 0.741. The molecule has 0 atom stereocenters. The summed E-state index contributed by atoms with van der Waals surface area (Å²) >= 11 is 9.36. The van der Waals surface area contributed by atoms with Crippen molar-refractivity contribution in [3.63, 3.8) is 0 Å². The largest absolute Gasteiger partial charge is 0.496 e. The van der Waals surface area contributed by atoms with Crippen LogP contribution in [0.15, 0.2) is 41.0 Å². The van der Waals surface area contributed by atoms with E-state index in [1.165, 1.54) is 0 Å². The first-order valence-electron chi connectivity index (χ1n) is 5.33. The molecule has 0 saturated heterocycles. The molecule has 0 N–H and O–H groups in total. The molecule has 4 heteroatoms. The number of pyridine rings is 1. The van der Waals surface area contributed by atoms with Gasteiger partial charge in [-0.2, -0.15) is 0 Å². The van der Waals surface area contributed by atoms with Gasteiger partial charge in [-0.25, -0.2) is 0 Å². The Kier molecular flexibility index (Phi) is 4.39. The van der Waals surface area contributed by atoms with Crippen LogP contribution in [0.2, 0.25) is 5.02 Å². The van der Waals surface area contributed by atoms with Gasteiger partial charge in [-0.1, -0.05) is 11.6 Å². The van der Waals surface area contributed by atoms with Crippen molar-refractivity contribution < 1.29 is 4.74 Å². The van der Waals surface area contributed by atoms with E-state index in [1.807, 2.05) is 36.4 Å². The molecule has 0 saturated carbocycles. The SMILES string of the molecule is COc1cc(Cl)ccc1/C=C\c1ncccc1Br. The molecule has 0 spiro atoms. The van der Waals surface area contributed by atoms with Gasteiger partial charge in [0.25, 0.3) is 0 Å². The van der Waals surface area contributed by atoms with E-state index in [2.05, 4.69) is 20.9 Å². The lowest BCUT2D eigenvalue weighted by molar-refractivity contribution is 0.414. The third kappa shape index (κ3) is 3.12. The Morgan fingerprint density at radius 2 is 2.11 bits per heavy atom. The van der Waals surface area contributed by atoms with Gasteiger partial charge < -0.3 is 4.74 Å². The number of hydrogen-bond donors (Lipinski definition) is 0. The molecule has 0 unspecified atom stereocenters. The van der Waals surface area contributed by atoms with Crippen LogP contribution in [0.3, 0.4) is 0 Å². The highest BCUT2D eigenvalue weighted by atomic mass is 79.9. The highest BCUT2D eigenvalue weighted by molar-refractivity contribution is 9.10. The van der Waals surface area contributed by atoms with Crippen LogP contribution in [-0.2, 0) is 0 Å². The van der Waals surface area contributed by atoms with Crippen LogP contribution in [0, 0.1) is 0 Å². The zero-order chi connectivity index (χ0) is 13.0. The maximum absolute atomic E-state index is 5.91. The summed E-state index contributed by atoms with van der Waals surface area (Å²) in [6.07, 6.45) is 5.63. The lowest BCUT2D eigenvalue weighted by atomic mass is 10.1. The minimum absolute atomic E-state index is 0.656. The van der Waals surface area contributed by atoms with Crippen LogP contribution in [0.5, 0.6) is 5.75 Å². The van der Waals surface area contributed by atoms with Gasteiger partial charge in [0.15, 0.2) is 0 Å². The first kappa shape index (κ1) is 13.1. The number of methoxy groups -OCH3 is 1. The van der Waals surface area contributed by atoms with Crippen LogP contribution >= 0.6 is 27.5 Å². The fourth-order valence-corrected chi connectivity index (χ4v) is 2.06. The molecule has 2 rings (SSSR count). The first-order chi connectivity index (χ1) is 8.70. The molecular weight excluding hydrogens is 314 g/mol. The van der Waals surface area contributed by atoms with E-state index in [0.29, 0.717) is 5.02 Å². The summed E-state index contributed by atoms with van der Waals surface area (Å²) in [4.78, 5) is 4.27. The summed E-state index contributed by atoms with van der Waals surface area (Å²) in [7, 11) is 1.62. The van der Waals surface area contributed by atoms with E-state index in [0.717, 1.165) is 21.5 Å². The topological polar surface area (TPSA) is 22.1 Å². The van der Waals surface area contributed by atoms with Gasteiger partial charge in [0.05, 0.1) is 12.8 Å². The van der Waals surface area contributed by atoms with E-state index >= 15 is 0 Å². The van der Waals surface area contributed by atoms with Crippen molar-refractivity contribution in [1.82, 2.24) is 4.98 Å². The number of ether oxygens (including phenoxy) is 1. The fraction of sp³-hybridized carbons (Fsp3) is 0.0714. The Morgan fingerprint density at radius 1 is 1.28 bits per heavy atom. The molecule has 0 fully saturated rings. The summed E-state index contributed by atoms with van der Waals surface area (Å²) in [6.45, 7) is 0. The summed E-state index contributed by atoms with van der Waals surface area (Å²) < 4.78 is 6.23. The lowest BCUT2D eigenvalue weighted by Crippen LogP contribution is -1.87. The Balaban J connectivity index is 2.32. The van der Waals surface area contributed by atoms with Gasteiger partial charge in [-0.05, 0) is 58.4 Å². The maximum Gasteiger partial charge on any atom is 0.127 e. The van der Waals surface area contributed by atoms with Gasteiger partial charge >= 0.3 is 0 Å². The summed E-state index contributed by atoms with van der Waals surface area (Å²) in [5.41, 5.74) is 1.83. The molecule has 0 aliphatic rings. The zero-order valence-electron chi connectivity index (χ0n) is 9.73. The van der Waals surface area contributed by atoms with Crippen LogP contribution in [-0.4, -0.2) is 12.1 Å². The van der Waals surface area contributed by atoms with Crippen LogP contribution < -0.4 is 4.74 Å². The molecule has 18 heavy (non-hydrogen) atoms. The monoisotopic (exact) mass is 323 g/mol. The molecule has 0 aliphatic carbocycles. The minimum Gasteiger partial charge on any atom is -0.496 e. The second-order valence-electron chi connectivity index (χ2n) is 3.59. The van der Waals surface area contributed by atoms with Gasteiger partial charge in [-0.3, -0.25) is 4.98 Å². The quantitative estimate of drug-likeness (QED) is 0.818. The number of hydrogen-bond acceptors (Lipinski definition) is 2. The van der Waals surface area contributed by atoms with Crippen LogP contribution in [0.25, 0.3) is 12.2 Å². The second kappa shape index (κ2) is 6.03. The number of halogens is 2. The normalized spacial score (nSPS) is 10.8. The predicted octanol–water partition coefficient (Wildman–Crippen LogP) is 4.68. The van der Waals surface area contributed by atoms with Crippen LogP contribution in [0.1, 0.15) is 11.3 Å². The molecule has 0 amide bonds. The van der Waals surface area contributed by atoms with E-state index in [-0.39, 0.29) is 0 Å². The third-order valence-corrected chi connectivity index (χ3v) is 3.31. The van der Waals surface area contributed by atoms with E-state index < -0.39 is 0 Å². The molecule has 2 nitrogen and oxygen atoms in total. The smallest absolute Gasteiger partial charge is 0.127 e. The van der Waals surface area contributed by atoms with Crippen molar-refractivity contribution in [3.05, 3.63) is 57.3 Å².